The van der Waals surface area contributed by atoms with E-state index < -0.39 is 0 Å². The summed E-state index contributed by atoms with van der Waals surface area (Å²) in [7, 11) is 0. The van der Waals surface area contributed by atoms with E-state index in [2.05, 4.69) is 21.2 Å². The fraction of sp³-hybridized carbons (Fsp3) is 0.105. The van der Waals surface area contributed by atoms with Crippen molar-refractivity contribution in [3.8, 4) is 0 Å². The van der Waals surface area contributed by atoms with Gasteiger partial charge in [0, 0.05) is 22.2 Å². The van der Waals surface area contributed by atoms with E-state index in [4.69, 9.17) is 0 Å². The number of carbonyl (C=O) groups is 1. The van der Waals surface area contributed by atoms with Gasteiger partial charge in [-0.3, -0.25) is 4.79 Å². The molecule has 3 aromatic carbocycles. The molecule has 23 heavy (non-hydrogen) atoms. The molecule has 0 unspecified atom stereocenters. The number of benzene rings is 3. The number of halogens is 2. The Morgan fingerprint density at radius 1 is 1.04 bits per heavy atom. The third-order valence-corrected chi connectivity index (χ3v) is 4.82. The molecule has 0 bridgehead atoms. The van der Waals surface area contributed by atoms with Gasteiger partial charge in [0.1, 0.15) is 5.82 Å². The first-order chi connectivity index (χ1) is 11.1. The number of carbonyl (C=O) groups excluding carboxylic acids is 1. The zero-order valence-corrected chi connectivity index (χ0v) is 13.7. The van der Waals surface area contributed by atoms with Crippen molar-refractivity contribution in [2.75, 3.05) is 5.32 Å². The summed E-state index contributed by atoms with van der Waals surface area (Å²) < 4.78 is 15.1. The van der Waals surface area contributed by atoms with Gasteiger partial charge in [-0.2, -0.15) is 0 Å². The highest BCUT2D eigenvalue weighted by atomic mass is 79.9. The van der Waals surface area contributed by atoms with Crippen LogP contribution in [0.2, 0.25) is 0 Å². The molecule has 0 saturated heterocycles. The summed E-state index contributed by atoms with van der Waals surface area (Å²) in [5, 5.41) is 5.01. The number of rotatable bonds is 1. The lowest BCUT2D eigenvalue weighted by atomic mass is 9.83. The molecule has 2 nitrogen and oxygen atoms in total. The molecule has 0 spiro atoms. The SMILES string of the molecule is O=C1C[C@@H](c2cc(Br)ccc2F)c2ccc3ccccc3c2N1. The smallest absolute Gasteiger partial charge is 0.225 e. The van der Waals surface area contributed by atoms with Crippen LogP contribution < -0.4 is 5.32 Å². The predicted octanol–water partition coefficient (Wildman–Crippen LogP) is 5.22. The highest BCUT2D eigenvalue weighted by Crippen LogP contribution is 2.42. The zero-order valence-electron chi connectivity index (χ0n) is 12.1. The van der Waals surface area contributed by atoms with Crippen molar-refractivity contribution in [1.82, 2.24) is 0 Å². The highest BCUT2D eigenvalue weighted by Gasteiger charge is 2.29. The Labute approximate surface area is 141 Å². The fourth-order valence-electron chi connectivity index (χ4n) is 3.26. The van der Waals surface area contributed by atoms with Crippen LogP contribution in [0.5, 0.6) is 0 Å². The molecule has 114 valence electrons. The average molecular weight is 370 g/mol. The third kappa shape index (κ3) is 2.43. The molecule has 0 saturated carbocycles. The van der Waals surface area contributed by atoms with Gasteiger partial charge in [0.15, 0.2) is 0 Å². The van der Waals surface area contributed by atoms with E-state index in [9.17, 15) is 9.18 Å². The van der Waals surface area contributed by atoms with Crippen molar-refractivity contribution in [3.63, 3.8) is 0 Å². The molecule has 4 heteroatoms. The minimum absolute atomic E-state index is 0.0850. The summed E-state index contributed by atoms with van der Waals surface area (Å²) in [5.41, 5.74) is 2.30. The number of hydrogen-bond donors (Lipinski definition) is 1. The second kappa shape index (κ2) is 5.46. The Hall–Kier alpha value is -2.20. The zero-order chi connectivity index (χ0) is 16.0. The van der Waals surface area contributed by atoms with Crippen molar-refractivity contribution < 1.29 is 9.18 Å². The van der Waals surface area contributed by atoms with Crippen LogP contribution in [0.4, 0.5) is 10.1 Å². The van der Waals surface area contributed by atoms with Crippen LogP contribution in [0.25, 0.3) is 10.8 Å². The van der Waals surface area contributed by atoms with E-state index >= 15 is 0 Å². The maximum absolute atomic E-state index is 14.3. The molecule has 0 aromatic heterocycles. The average Bonchev–Trinajstić information content (AvgIpc) is 2.56. The third-order valence-electron chi connectivity index (χ3n) is 4.32. The maximum Gasteiger partial charge on any atom is 0.225 e. The molecular formula is C19H13BrFNO. The van der Waals surface area contributed by atoms with Gasteiger partial charge in [0.2, 0.25) is 5.91 Å². The molecule has 0 aliphatic carbocycles. The summed E-state index contributed by atoms with van der Waals surface area (Å²) in [6.45, 7) is 0. The van der Waals surface area contributed by atoms with Gasteiger partial charge in [-0.1, -0.05) is 52.3 Å². The second-order valence-corrected chi connectivity index (χ2v) is 6.64. The number of nitrogens with one attached hydrogen (secondary N) is 1. The summed E-state index contributed by atoms with van der Waals surface area (Å²) >= 11 is 3.39. The van der Waals surface area contributed by atoms with Gasteiger partial charge in [-0.05, 0) is 34.7 Å². The van der Waals surface area contributed by atoms with E-state index in [1.54, 1.807) is 12.1 Å². The summed E-state index contributed by atoms with van der Waals surface area (Å²) in [5.74, 6) is -0.647. The maximum atomic E-state index is 14.3. The topological polar surface area (TPSA) is 29.1 Å². The lowest BCUT2D eigenvalue weighted by Gasteiger charge is -2.27. The molecule has 1 amide bonds. The Balaban J connectivity index is 1.97. The van der Waals surface area contributed by atoms with Gasteiger partial charge in [-0.15, -0.1) is 0 Å². The Morgan fingerprint density at radius 3 is 2.74 bits per heavy atom. The van der Waals surface area contributed by atoms with Crippen molar-refractivity contribution in [3.05, 3.63) is 76.0 Å². The molecule has 1 atom stereocenters. The van der Waals surface area contributed by atoms with E-state index in [1.807, 2.05) is 36.4 Å². The molecule has 4 rings (SSSR count). The molecule has 1 aliphatic heterocycles. The Kier molecular flexibility index (Phi) is 3.42. The van der Waals surface area contributed by atoms with E-state index in [1.165, 1.54) is 6.07 Å². The number of anilines is 1. The van der Waals surface area contributed by atoms with Crippen LogP contribution in [0.15, 0.2) is 59.1 Å². The van der Waals surface area contributed by atoms with Crippen LogP contribution in [0, 0.1) is 5.82 Å². The van der Waals surface area contributed by atoms with Crippen LogP contribution in [0.3, 0.4) is 0 Å². The Bertz CT molecular complexity index is 938. The number of hydrogen-bond acceptors (Lipinski definition) is 1. The van der Waals surface area contributed by atoms with Gasteiger partial charge in [0.05, 0.1) is 5.69 Å². The van der Waals surface area contributed by atoms with Crippen LogP contribution in [-0.2, 0) is 4.79 Å². The molecule has 1 N–H and O–H groups in total. The standard InChI is InChI=1S/C19H13BrFNO/c20-12-6-8-17(21)16(9-12)15-10-18(23)22-19-13-4-2-1-3-11(13)5-7-14(15)19/h1-9,15H,10H2,(H,22,23)/t15-/m1/s1. The van der Waals surface area contributed by atoms with Crippen LogP contribution in [0.1, 0.15) is 23.5 Å². The summed E-state index contributed by atoms with van der Waals surface area (Å²) in [6, 6.07) is 16.8. The first-order valence-corrected chi connectivity index (χ1v) is 8.19. The number of amides is 1. The molecule has 1 aliphatic rings. The molecule has 1 heterocycles. The van der Waals surface area contributed by atoms with E-state index in [-0.39, 0.29) is 24.1 Å². The minimum Gasteiger partial charge on any atom is -0.325 e. The minimum atomic E-state index is -0.285. The predicted molar refractivity (Wildman–Crippen MR) is 93.1 cm³/mol. The van der Waals surface area contributed by atoms with Crippen molar-refractivity contribution in [2.24, 2.45) is 0 Å². The highest BCUT2D eigenvalue weighted by molar-refractivity contribution is 9.10. The lowest BCUT2D eigenvalue weighted by molar-refractivity contribution is -0.116. The molecule has 0 fully saturated rings. The molecule has 3 aromatic rings. The van der Waals surface area contributed by atoms with Gasteiger partial charge >= 0.3 is 0 Å². The van der Waals surface area contributed by atoms with Gasteiger partial charge in [0.25, 0.3) is 0 Å². The van der Waals surface area contributed by atoms with E-state index in [0.29, 0.717) is 5.56 Å². The van der Waals surface area contributed by atoms with Crippen LogP contribution in [-0.4, -0.2) is 5.91 Å². The fourth-order valence-corrected chi connectivity index (χ4v) is 3.64. The second-order valence-electron chi connectivity index (χ2n) is 5.72. The largest absolute Gasteiger partial charge is 0.325 e. The van der Waals surface area contributed by atoms with Crippen molar-refractivity contribution >= 4 is 38.3 Å². The normalized spacial score (nSPS) is 17.0. The van der Waals surface area contributed by atoms with Crippen LogP contribution >= 0.6 is 15.9 Å². The first kappa shape index (κ1) is 14.4. The summed E-state index contributed by atoms with van der Waals surface area (Å²) in [6.07, 6.45) is 0.249. The molecule has 0 radical (unpaired) electrons. The number of fused-ring (bicyclic) bond motifs is 3. The van der Waals surface area contributed by atoms with Crippen molar-refractivity contribution in [1.29, 1.82) is 0 Å². The molecular weight excluding hydrogens is 357 g/mol. The monoisotopic (exact) mass is 369 g/mol. The Morgan fingerprint density at radius 2 is 1.87 bits per heavy atom. The first-order valence-electron chi connectivity index (χ1n) is 7.40. The summed E-state index contributed by atoms with van der Waals surface area (Å²) in [4.78, 5) is 12.2. The van der Waals surface area contributed by atoms with Gasteiger partial charge < -0.3 is 5.32 Å². The van der Waals surface area contributed by atoms with Crippen molar-refractivity contribution in [2.45, 2.75) is 12.3 Å². The van der Waals surface area contributed by atoms with E-state index in [0.717, 1.165) is 26.5 Å². The quantitative estimate of drug-likeness (QED) is 0.626. The lowest BCUT2D eigenvalue weighted by Crippen LogP contribution is -2.24. The van der Waals surface area contributed by atoms with Gasteiger partial charge in [-0.25, -0.2) is 4.39 Å².